The van der Waals surface area contributed by atoms with Crippen LogP contribution in [0.3, 0.4) is 0 Å². The van der Waals surface area contributed by atoms with Crippen LogP contribution in [0, 0.1) is 11.7 Å². The van der Waals surface area contributed by atoms with Gasteiger partial charge in [0.25, 0.3) is 5.91 Å². The Hall–Kier alpha value is -3.25. The lowest BCUT2D eigenvalue weighted by molar-refractivity contribution is -0.125. The van der Waals surface area contributed by atoms with Crippen LogP contribution in [-0.2, 0) is 11.3 Å². The van der Waals surface area contributed by atoms with E-state index in [-0.39, 0.29) is 36.6 Å². The summed E-state index contributed by atoms with van der Waals surface area (Å²) in [5.41, 5.74) is 1.94. The molecule has 0 bridgehead atoms. The predicted octanol–water partition coefficient (Wildman–Crippen LogP) is 4.05. The van der Waals surface area contributed by atoms with E-state index in [0.29, 0.717) is 22.7 Å². The Morgan fingerprint density at radius 1 is 1.06 bits per heavy atom. The molecule has 2 amide bonds. The molecule has 1 aromatic heterocycles. The number of carbonyl (C=O) groups excluding carboxylic acids is 2. The lowest BCUT2D eigenvalue weighted by Crippen LogP contribution is -2.35. The first kappa shape index (κ1) is 21.0. The highest BCUT2D eigenvalue weighted by Gasteiger charge is 2.40. The van der Waals surface area contributed by atoms with Crippen molar-refractivity contribution in [3.63, 3.8) is 0 Å². The molecule has 1 fully saturated rings. The normalized spacial score (nSPS) is 18.1. The van der Waals surface area contributed by atoms with Gasteiger partial charge in [-0.15, -0.1) is 0 Å². The number of carbonyl (C=O) groups is 2. The Morgan fingerprint density at radius 2 is 1.87 bits per heavy atom. The number of nitrogens with zero attached hydrogens (tertiary/aromatic N) is 2. The minimum Gasteiger partial charge on any atom is -0.350 e. The van der Waals surface area contributed by atoms with Crippen molar-refractivity contribution in [2.45, 2.75) is 12.5 Å². The third-order valence-corrected chi connectivity index (χ3v) is 5.73. The molecule has 5 nitrogen and oxygen atoms in total. The standard InChI is InChI=1S/C24H21ClFN3O2/c25-18-9-7-16(8-10-18)24(31)29-14-21(17-4-3-5-19(26)12-17)22(15-29)23(30)28-13-20-6-1-2-11-27-20/h1-12,21-22H,13-15H2,(H,28,30). The molecule has 0 spiro atoms. The van der Waals surface area contributed by atoms with Crippen molar-refractivity contribution < 1.29 is 14.0 Å². The lowest BCUT2D eigenvalue weighted by Gasteiger charge is -2.18. The first-order chi connectivity index (χ1) is 15.0. The minimum absolute atomic E-state index is 0.182. The Morgan fingerprint density at radius 3 is 2.58 bits per heavy atom. The second-order valence-electron chi connectivity index (χ2n) is 7.52. The first-order valence-electron chi connectivity index (χ1n) is 9.99. The van der Waals surface area contributed by atoms with E-state index in [4.69, 9.17) is 11.6 Å². The summed E-state index contributed by atoms with van der Waals surface area (Å²) in [5.74, 6) is -1.55. The molecule has 158 valence electrons. The van der Waals surface area contributed by atoms with Crippen LogP contribution in [0.2, 0.25) is 5.02 Å². The monoisotopic (exact) mass is 437 g/mol. The van der Waals surface area contributed by atoms with Gasteiger partial charge in [0.2, 0.25) is 5.91 Å². The molecule has 1 aliphatic rings. The summed E-state index contributed by atoms with van der Waals surface area (Å²) in [6.45, 7) is 0.862. The second kappa shape index (κ2) is 9.27. The quantitative estimate of drug-likeness (QED) is 0.655. The summed E-state index contributed by atoms with van der Waals surface area (Å²) in [6.07, 6.45) is 1.67. The Labute approximate surface area is 184 Å². The van der Waals surface area contributed by atoms with Gasteiger partial charge in [0.15, 0.2) is 0 Å². The molecular weight excluding hydrogens is 417 g/mol. The Balaban J connectivity index is 1.55. The van der Waals surface area contributed by atoms with Gasteiger partial charge in [0.05, 0.1) is 18.2 Å². The number of halogens is 2. The van der Waals surface area contributed by atoms with Crippen molar-refractivity contribution in [3.8, 4) is 0 Å². The average Bonchev–Trinajstić information content (AvgIpc) is 3.24. The molecule has 1 N–H and O–H groups in total. The summed E-state index contributed by atoms with van der Waals surface area (Å²) in [5, 5.41) is 3.46. The minimum atomic E-state index is -0.498. The molecule has 31 heavy (non-hydrogen) atoms. The van der Waals surface area contributed by atoms with Gasteiger partial charge in [-0.3, -0.25) is 14.6 Å². The van der Waals surface area contributed by atoms with Crippen molar-refractivity contribution >= 4 is 23.4 Å². The van der Waals surface area contributed by atoms with Crippen molar-refractivity contribution in [1.29, 1.82) is 0 Å². The molecule has 0 saturated carbocycles. The highest BCUT2D eigenvalue weighted by molar-refractivity contribution is 6.30. The van der Waals surface area contributed by atoms with Gasteiger partial charge in [-0.2, -0.15) is 0 Å². The van der Waals surface area contributed by atoms with Gasteiger partial charge in [-0.1, -0.05) is 29.8 Å². The fraction of sp³-hybridized carbons (Fsp3) is 0.208. The molecule has 1 saturated heterocycles. The highest BCUT2D eigenvalue weighted by Crippen LogP contribution is 2.34. The van der Waals surface area contributed by atoms with Gasteiger partial charge in [0, 0.05) is 35.8 Å². The first-order valence-corrected chi connectivity index (χ1v) is 10.4. The molecule has 1 aliphatic heterocycles. The zero-order valence-corrected chi connectivity index (χ0v) is 17.4. The number of benzene rings is 2. The zero-order chi connectivity index (χ0) is 21.8. The lowest BCUT2D eigenvalue weighted by atomic mass is 9.88. The van der Waals surface area contributed by atoms with E-state index in [9.17, 15) is 14.0 Å². The number of hydrogen-bond donors (Lipinski definition) is 1. The third kappa shape index (κ3) is 4.91. The van der Waals surface area contributed by atoms with E-state index in [1.807, 2.05) is 18.2 Å². The number of hydrogen-bond acceptors (Lipinski definition) is 3. The van der Waals surface area contributed by atoms with Crippen molar-refractivity contribution in [2.75, 3.05) is 13.1 Å². The molecule has 3 aromatic rings. The number of amides is 2. The number of aromatic nitrogens is 1. The second-order valence-corrected chi connectivity index (χ2v) is 7.96. The van der Waals surface area contributed by atoms with Crippen molar-refractivity contribution in [1.82, 2.24) is 15.2 Å². The van der Waals surface area contributed by atoms with Crippen LogP contribution in [0.15, 0.2) is 72.9 Å². The predicted molar refractivity (Wildman–Crippen MR) is 116 cm³/mol. The van der Waals surface area contributed by atoms with Crippen molar-refractivity contribution in [2.24, 2.45) is 5.92 Å². The third-order valence-electron chi connectivity index (χ3n) is 5.48. The molecular formula is C24H21ClFN3O2. The molecule has 0 aliphatic carbocycles. The smallest absolute Gasteiger partial charge is 0.253 e. The molecule has 4 rings (SSSR count). The molecule has 2 heterocycles. The summed E-state index contributed by atoms with van der Waals surface area (Å²) in [6, 6.07) is 18.3. The summed E-state index contributed by atoms with van der Waals surface area (Å²) >= 11 is 5.93. The van der Waals surface area contributed by atoms with Gasteiger partial charge >= 0.3 is 0 Å². The van der Waals surface area contributed by atoms with E-state index in [1.165, 1.54) is 12.1 Å². The Bertz CT molecular complexity index is 1080. The fourth-order valence-electron chi connectivity index (χ4n) is 3.90. The van der Waals surface area contributed by atoms with Crippen LogP contribution in [-0.4, -0.2) is 34.8 Å². The molecule has 2 atom stereocenters. The molecule has 2 unspecified atom stereocenters. The zero-order valence-electron chi connectivity index (χ0n) is 16.7. The van der Waals surface area contributed by atoms with Crippen LogP contribution < -0.4 is 5.32 Å². The summed E-state index contributed by atoms with van der Waals surface area (Å²) < 4.78 is 13.9. The van der Waals surface area contributed by atoms with Crippen molar-refractivity contribution in [3.05, 3.63) is 101 Å². The number of nitrogens with one attached hydrogen (secondary N) is 1. The van der Waals surface area contributed by atoms with Gasteiger partial charge in [0.1, 0.15) is 5.82 Å². The molecule has 7 heteroatoms. The molecule has 2 aromatic carbocycles. The fourth-order valence-corrected chi connectivity index (χ4v) is 4.02. The maximum atomic E-state index is 13.9. The number of rotatable bonds is 5. The van der Waals surface area contributed by atoms with Gasteiger partial charge < -0.3 is 10.2 Å². The van der Waals surface area contributed by atoms with E-state index in [0.717, 1.165) is 5.69 Å². The maximum absolute atomic E-state index is 13.9. The SMILES string of the molecule is O=C(NCc1ccccn1)C1CN(C(=O)c2ccc(Cl)cc2)CC1c1cccc(F)c1. The Kier molecular flexibility index (Phi) is 6.28. The summed E-state index contributed by atoms with van der Waals surface area (Å²) in [7, 11) is 0. The van der Waals surface area contributed by atoms with Crippen LogP contribution in [0.1, 0.15) is 27.5 Å². The van der Waals surface area contributed by atoms with Gasteiger partial charge in [-0.25, -0.2) is 4.39 Å². The van der Waals surface area contributed by atoms with Crippen LogP contribution in [0.5, 0.6) is 0 Å². The largest absolute Gasteiger partial charge is 0.350 e. The van der Waals surface area contributed by atoms with E-state index in [1.54, 1.807) is 47.5 Å². The maximum Gasteiger partial charge on any atom is 0.253 e. The summed E-state index contributed by atoms with van der Waals surface area (Å²) in [4.78, 5) is 31.9. The van der Waals surface area contributed by atoms with E-state index < -0.39 is 5.92 Å². The average molecular weight is 438 g/mol. The molecule has 0 radical (unpaired) electrons. The highest BCUT2D eigenvalue weighted by atomic mass is 35.5. The number of pyridine rings is 1. The van der Waals surface area contributed by atoms with Crippen LogP contribution in [0.25, 0.3) is 0 Å². The van der Waals surface area contributed by atoms with E-state index >= 15 is 0 Å². The van der Waals surface area contributed by atoms with Crippen LogP contribution >= 0.6 is 11.6 Å². The van der Waals surface area contributed by atoms with Gasteiger partial charge in [-0.05, 0) is 54.1 Å². The van der Waals surface area contributed by atoms with E-state index in [2.05, 4.69) is 10.3 Å². The topological polar surface area (TPSA) is 62.3 Å². The van der Waals surface area contributed by atoms with Crippen LogP contribution in [0.4, 0.5) is 4.39 Å². The number of likely N-dealkylation sites (tertiary alicyclic amines) is 1.